The van der Waals surface area contributed by atoms with Crippen LogP contribution in [0.3, 0.4) is 0 Å². The van der Waals surface area contributed by atoms with E-state index < -0.39 is 4.92 Å². The molecule has 22 heavy (non-hydrogen) atoms. The van der Waals surface area contributed by atoms with Gasteiger partial charge in [-0.3, -0.25) is 10.1 Å². The molecule has 2 aliphatic rings. The van der Waals surface area contributed by atoms with Crippen LogP contribution in [0.15, 0.2) is 18.2 Å². The van der Waals surface area contributed by atoms with Crippen molar-refractivity contribution in [2.75, 3.05) is 31.2 Å². The number of hydrogen-bond acceptors (Lipinski definition) is 6. The van der Waals surface area contributed by atoms with Crippen molar-refractivity contribution in [2.24, 2.45) is 0 Å². The second-order valence-corrected chi connectivity index (χ2v) is 5.48. The number of morpholine rings is 1. The van der Waals surface area contributed by atoms with Gasteiger partial charge in [-0.25, -0.2) is 0 Å². The highest BCUT2D eigenvalue weighted by Crippen LogP contribution is 2.28. The number of nitriles is 1. The van der Waals surface area contributed by atoms with E-state index in [0.29, 0.717) is 19.7 Å². The van der Waals surface area contributed by atoms with Crippen LogP contribution in [0.1, 0.15) is 18.4 Å². The van der Waals surface area contributed by atoms with Gasteiger partial charge in [0.1, 0.15) is 17.7 Å². The molecule has 1 aromatic rings. The molecule has 0 radical (unpaired) electrons. The first-order valence-electron chi connectivity index (χ1n) is 7.36. The van der Waals surface area contributed by atoms with Crippen molar-refractivity contribution in [2.45, 2.75) is 25.0 Å². The Morgan fingerprint density at radius 1 is 1.32 bits per heavy atom. The predicted molar refractivity (Wildman–Crippen MR) is 78.7 cm³/mol. The Kier molecular flexibility index (Phi) is 4.22. The molecule has 0 bridgehead atoms. The van der Waals surface area contributed by atoms with Crippen molar-refractivity contribution < 1.29 is 14.4 Å². The number of anilines is 1. The molecular formula is C15H17N3O4. The Morgan fingerprint density at radius 2 is 2.14 bits per heavy atom. The van der Waals surface area contributed by atoms with Crippen LogP contribution in [0.25, 0.3) is 0 Å². The first-order chi connectivity index (χ1) is 10.7. The van der Waals surface area contributed by atoms with Gasteiger partial charge < -0.3 is 14.4 Å². The minimum atomic E-state index is -0.531. The van der Waals surface area contributed by atoms with E-state index in [4.69, 9.17) is 14.7 Å². The first-order valence-corrected chi connectivity index (χ1v) is 7.36. The Bertz CT molecular complexity index is 607. The van der Waals surface area contributed by atoms with E-state index in [0.717, 1.165) is 25.1 Å². The van der Waals surface area contributed by atoms with Crippen LogP contribution < -0.4 is 4.90 Å². The maximum absolute atomic E-state index is 10.9. The molecule has 0 amide bonds. The smallest absolute Gasteiger partial charge is 0.287 e. The molecule has 0 unspecified atom stereocenters. The molecule has 2 saturated heterocycles. The zero-order valence-corrected chi connectivity index (χ0v) is 12.1. The van der Waals surface area contributed by atoms with Crippen LogP contribution in [0.4, 0.5) is 11.4 Å². The summed E-state index contributed by atoms with van der Waals surface area (Å²) in [6.07, 6.45) is 2.19. The average Bonchev–Trinajstić information content (AvgIpc) is 3.08. The van der Waals surface area contributed by atoms with Gasteiger partial charge in [0.25, 0.3) is 5.69 Å². The first kappa shape index (κ1) is 14.8. The quantitative estimate of drug-likeness (QED) is 0.625. The Hall–Kier alpha value is -2.17. The van der Waals surface area contributed by atoms with Crippen molar-refractivity contribution in [3.8, 4) is 6.07 Å². The van der Waals surface area contributed by atoms with Crippen LogP contribution in [0.2, 0.25) is 0 Å². The van der Waals surface area contributed by atoms with Gasteiger partial charge in [0, 0.05) is 31.5 Å². The highest BCUT2D eigenvalue weighted by Gasteiger charge is 2.31. The lowest BCUT2D eigenvalue weighted by atomic mass is 10.1. The molecule has 116 valence electrons. The fourth-order valence-corrected chi connectivity index (χ4v) is 3.00. The topological polar surface area (TPSA) is 88.6 Å². The SMILES string of the molecule is N#Cc1cc(N2CCO[C@H]([C@@H]3CCCO3)C2)ccc1[N+](=O)[O-]. The monoisotopic (exact) mass is 303 g/mol. The molecule has 1 aromatic carbocycles. The van der Waals surface area contributed by atoms with Gasteiger partial charge in [-0.05, 0) is 25.0 Å². The van der Waals surface area contributed by atoms with Gasteiger partial charge in [-0.15, -0.1) is 0 Å². The lowest BCUT2D eigenvalue weighted by molar-refractivity contribution is -0.385. The van der Waals surface area contributed by atoms with Gasteiger partial charge >= 0.3 is 0 Å². The van der Waals surface area contributed by atoms with E-state index >= 15 is 0 Å². The Morgan fingerprint density at radius 3 is 2.82 bits per heavy atom. The minimum absolute atomic E-state index is 0.0111. The summed E-state index contributed by atoms with van der Waals surface area (Å²) in [5.41, 5.74) is 0.742. The second-order valence-electron chi connectivity index (χ2n) is 5.48. The van der Waals surface area contributed by atoms with E-state index in [1.165, 1.54) is 6.07 Å². The lowest BCUT2D eigenvalue weighted by Crippen LogP contribution is -2.47. The molecule has 3 rings (SSSR count). The van der Waals surface area contributed by atoms with Crippen molar-refractivity contribution in [1.29, 1.82) is 5.26 Å². The summed E-state index contributed by atoms with van der Waals surface area (Å²) in [4.78, 5) is 12.5. The van der Waals surface area contributed by atoms with Gasteiger partial charge in [0.2, 0.25) is 0 Å². The number of nitro benzene ring substituents is 1. The maximum atomic E-state index is 10.9. The van der Waals surface area contributed by atoms with E-state index in [9.17, 15) is 10.1 Å². The molecule has 2 aliphatic heterocycles. The summed E-state index contributed by atoms with van der Waals surface area (Å²) >= 11 is 0. The van der Waals surface area contributed by atoms with E-state index in [1.807, 2.05) is 6.07 Å². The van der Waals surface area contributed by atoms with Crippen molar-refractivity contribution in [3.63, 3.8) is 0 Å². The van der Waals surface area contributed by atoms with Crippen molar-refractivity contribution in [1.82, 2.24) is 0 Å². The predicted octanol–water partition coefficient (Wildman–Crippen LogP) is 1.85. The molecule has 0 saturated carbocycles. The van der Waals surface area contributed by atoms with E-state index in [1.54, 1.807) is 12.1 Å². The molecule has 0 aliphatic carbocycles. The number of ether oxygens (including phenoxy) is 2. The highest BCUT2D eigenvalue weighted by molar-refractivity contribution is 5.60. The van der Waals surface area contributed by atoms with Gasteiger partial charge in [0.05, 0.1) is 17.6 Å². The van der Waals surface area contributed by atoms with E-state index in [2.05, 4.69) is 4.90 Å². The standard InChI is InChI=1S/C15H17N3O4/c16-9-11-8-12(3-4-13(11)18(19)20)17-5-7-22-15(10-17)14-2-1-6-21-14/h3-4,8,14-15H,1-2,5-7,10H2/t14-,15-/m0/s1. The molecule has 0 N–H and O–H groups in total. The third-order valence-corrected chi connectivity index (χ3v) is 4.14. The fourth-order valence-electron chi connectivity index (χ4n) is 3.00. The summed E-state index contributed by atoms with van der Waals surface area (Å²) in [5, 5.41) is 20.0. The van der Waals surface area contributed by atoms with Gasteiger partial charge in [-0.1, -0.05) is 0 Å². The normalized spacial score (nSPS) is 25.0. The molecule has 2 atom stereocenters. The molecule has 2 fully saturated rings. The summed E-state index contributed by atoms with van der Waals surface area (Å²) in [7, 11) is 0. The van der Waals surface area contributed by atoms with Crippen LogP contribution >= 0.6 is 0 Å². The molecule has 0 aromatic heterocycles. The molecular weight excluding hydrogens is 286 g/mol. The molecule has 0 spiro atoms. The maximum Gasteiger partial charge on any atom is 0.287 e. The average molecular weight is 303 g/mol. The largest absolute Gasteiger partial charge is 0.375 e. The van der Waals surface area contributed by atoms with Gasteiger partial charge in [-0.2, -0.15) is 5.26 Å². The third-order valence-electron chi connectivity index (χ3n) is 4.14. The minimum Gasteiger partial charge on any atom is -0.375 e. The zero-order valence-electron chi connectivity index (χ0n) is 12.1. The highest BCUT2D eigenvalue weighted by atomic mass is 16.6. The van der Waals surface area contributed by atoms with Gasteiger partial charge in [0.15, 0.2) is 0 Å². The molecule has 7 nitrogen and oxygen atoms in total. The van der Waals surface area contributed by atoms with E-state index in [-0.39, 0.29) is 23.5 Å². The second kappa shape index (κ2) is 6.30. The molecule has 2 heterocycles. The summed E-state index contributed by atoms with van der Waals surface area (Å²) < 4.78 is 11.5. The fraction of sp³-hybridized carbons (Fsp3) is 0.533. The summed E-state index contributed by atoms with van der Waals surface area (Å²) in [6, 6.07) is 6.56. The Labute approximate surface area is 128 Å². The third kappa shape index (κ3) is 2.89. The summed E-state index contributed by atoms with van der Waals surface area (Å²) in [6.45, 7) is 2.74. The van der Waals surface area contributed by atoms with Crippen LogP contribution in [-0.4, -0.2) is 43.4 Å². The Balaban J connectivity index is 1.78. The summed E-state index contributed by atoms with van der Waals surface area (Å²) in [5.74, 6) is 0. The number of nitro groups is 1. The number of hydrogen-bond donors (Lipinski definition) is 0. The lowest BCUT2D eigenvalue weighted by Gasteiger charge is -2.36. The van der Waals surface area contributed by atoms with Crippen molar-refractivity contribution in [3.05, 3.63) is 33.9 Å². The van der Waals surface area contributed by atoms with Crippen LogP contribution in [0, 0.1) is 21.4 Å². The number of rotatable bonds is 3. The van der Waals surface area contributed by atoms with Crippen LogP contribution in [-0.2, 0) is 9.47 Å². The number of benzene rings is 1. The van der Waals surface area contributed by atoms with Crippen LogP contribution in [0.5, 0.6) is 0 Å². The zero-order chi connectivity index (χ0) is 15.5. The van der Waals surface area contributed by atoms with Crippen molar-refractivity contribution >= 4 is 11.4 Å². The number of nitrogens with zero attached hydrogens (tertiary/aromatic N) is 3. The molecule has 7 heteroatoms.